The maximum absolute atomic E-state index is 12.3. The summed E-state index contributed by atoms with van der Waals surface area (Å²) in [4.78, 5) is 14.0. The first-order valence-corrected chi connectivity index (χ1v) is 7.45. The van der Waals surface area contributed by atoms with E-state index in [1.807, 2.05) is 38.1 Å². The zero-order valence-corrected chi connectivity index (χ0v) is 14.3. The third kappa shape index (κ3) is 4.06. The van der Waals surface area contributed by atoms with Gasteiger partial charge in [-0.3, -0.25) is 4.79 Å². The number of carbonyl (C=O) groups is 1. The van der Waals surface area contributed by atoms with Crippen molar-refractivity contribution in [3.05, 3.63) is 46.9 Å². The van der Waals surface area contributed by atoms with Crippen LogP contribution in [0.2, 0.25) is 0 Å². The van der Waals surface area contributed by atoms with Gasteiger partial charge in [0.25, 0.3) is 0 Å². The van der Waals surface area contributed by atoms with Gasteiger partial charge < -0.3 is 18.8 Å². The van der Waals surface area contributed by atoms with Crippen LogP contribution >= 0.6 is 0 Å². The van der Waals surface area contributed by atoms with E-state index in [-0.39, 0.29) is 12.3 Å². The maximum Gasteiger partial charge on any atom is 0.230 e. The Morgan fingerprint density at radius 1 is 1.13 bits per heavy atom. The number of benzene rings is 1. The lowest BCUT2D eigenvalue weighted by atomic mass is 10.1. The molecular formula is C18H23NO4. The first-order valence-electron chi connectivity index (χ1n) is 7.45. The fraction of sp³-hybridized carbons (Fsp3) is 0.389. The van der Waals surface area contributed by atoms with Crippen LogP contribution in [0.1, 0.15) is 22.6 Å². The molecule has 0 aliphatic heterocycles. The summed E-state index contributed by atoms with van der Waals surface area (Å²) in [5.74, 6) is 2.85. The number of ether oxygens (including phenoxy) is 2. The molecule has 1 heterocycles. The second-order valence-corrected chi connectivity index (χ2v) is 5.57. The Morgan fingerprint density at radius 2 is 1.78 bits per heavy atom. The molecule has 2 aromatic rings. The first kappa shape index (κ1) is 16.9. The Labute approximate surface area is 136 Å². The predicted octanol–water partition coefficient (Wildman–Crippen LogP) is 3.11. The molecule has 5 nitrogen and oxygen atoms in total. The summed E-state index contributed by atoms with van der Waals surface area (Å²) >= 11 is 0. The molecule has 0 atom stereocenters. The van der Waals surface area contributed by atoms with E-state index in [1.54, 1.807) is 26.2 Å². The largest absolute Gasteiger partial charge is 0.493 e. The molecule has 0 N–H and O–H groups in total. The van der Waals surface area contributed by atoms with Gasteiger partial charge in [-0.1, -0.05) is 0 Å². The van der Waals surface area contributed by atoms with Crippen LogP contribution in [-0.2, 0) is 17.8 Å². The lowest BCUT2D eigenvalue weighted by molar-refractivity contribution is -0.129. The highest BCUT2D eigenvalue weighted by molar-refractivity contribution is 5.78. The number of carbonyl (C=O) groups excluding carboxylic acids is 1. The minimum absolute atomic E-state index is 0.00790. The molecule has 0 aliphatic carbocycles. The van der Waals surface area contributed by atoms with Crippen molar-refractivity contribution in [2.24, 2.45) is 0 Å². The molecule has 2 rings (SSSR count). The van der Waals surface area contributed by atoms with Gasteiger partial charge in [0.05, 0.1) is 20.6 Å². The number of amides is 1. The Morgan fingerprint density at radius 3 is 2.35 bits per heavy atom. The van der Waals surface area contributed by atoms with Crippen LogP contribution in [-0.4, -0.2) is 32.1 Å². The summed E-state index contributed by atoms with van der Waals surface area (Å²) in [6.45, 7) is 4.36. The monoisotopic (exact) mass is 317 g/mol. The van der Waals surface area contributed by atoms with Crippen LogP contribution in [0.15, 0.2) is 28.7 Å². The summed E-state index contributed by atoms with van der Waals surface area (Å²) < 4.78 is 16.1. The molecule has 0 aliphatic rings. The van der Waals surface area contributed by atoms with Gasteiger partial charge in [0.15, 0.2) is 11.5 Å². The number of aryl methyl sites for hydroxylation is 2. The third-order valence-corrected chi connectivity index (χ3v) is 3.80. The van der Waals surface area contributed by atoms with Crippen molar-refractivity contribution >= 4 is 5.91 Å². The van der Waals surface area contributed by atoms with Crippen LogP contribution in [0.5, 0.6) is 11.5 Å². The molecule has 0 saturated heterocycles. The quantitative estimate of drug-likeness (QED) is 0.821. The molecule has 0 radical (unpaired) electrons. The van der Waals surface area contributed by atoms with E-state index >= 15 is 0 Å². The molecule has 1 aromatic heterocycles. The van der Waals surface area contributed by atoms with Crippen LogP contribution in [0.3, 0.4) is 0 Å². The summed E-state index contributed by atoms with van der Waals surface area (Å²) in [5.41, 5.74) is 2.07. The van der Waals surface area contributed by atoms with Gasteiger partial charge in [0.1, 0.15) is 11.5 Å². The van der Waals surface area contributed by atoms with E-state index in [0.717, 1.165) is 16.9 Å². The average molecular weight is 317 g/mol. The Bertz CT molecular complexity index is 690. The molecule has 124 valence electrons. The second kappa shape index (κ2) is 7.22. The Kier molecular flexibility index (Phi) is 5.32. The lowest BCUT2D eigenvalue weighted by Gasteiger charge is -2.19. The number of methoxy groups -OCH3 is 2. The summed E-state index contributed by atoms with van der Waals surface area (Å²) in [5, 5.41) is 0. The zero-order chi connectivity index (χ0) is 17.0. The van der Waals surface area contributed by atoms with E-state index in [2.05, 4.69) is 0 Å². The number of rotatable bonds is 6. The highest BCUT2D eigenvalue weighted by Gasteiger charge is 2.15. The zero-order valence-electron chi connectivity index (χ0n) is 14.3. The smallest absolute Gasteiger partial charge is 0.230 e. The van der Waals surface area contributed by atoms with E-state index in [4.69, 9.17) is 13.9 Å². The van der Waals surface area contributed by atoms with Crippen molar-refractivity contribution in [1.82, 2.24) is 4.90 Å². The summed E-state index contributed by atoms with van der Waals surface area (Å²) in [7, 11) is 5.00. The number of hydrogen-bond acceptors (Lipinski definition) is 4. The van der Waals surface area contributed by atoms with Crippen LogP contribution in [0.25, 0.3) is 0 Å². The molecule has 0 spiro atoms. The number of nitrogens with zero attached hydrogens (tertiary/aromatic N) is 1. The van der Waals surface area contributed by atoms with Crippen molar-refractivity contribution in [2.45, 2.75) is 26.8 Å². The molecule has 0 fully saturated rings. The van der Waals surface area contributed by atoms with Crippen molar-refractivity contribution in [1.29, 1.82) is 0 Å². The number of furan rings is 1. The fourth-order valence-electron chi connectivity index (χ4n) is 2.40. The van der Waals surface area contributed by atoms with E-state index < -0.39 is 0 Å². The molecule has 0 saturated carbocycles. The molecule has 0 bridgehead atoms. The summed E-state index contributed by atoms with van der Waals surface area (Å²) in [6.07, 6.45) is 0.261. The van der Waals surface area contributed by atoms with Crippen LogP contribution in [0.4, 0.5) is 0 Å². The molecule has 23 heavy (non-hydrogen) atoms. The van der Waals surface area contributed by atoms with E-state index in [9.17, 15) is 4.79 Å². The topological polar surface area (TPSA) is 51.9 Å². The number of likely N-dealkylation sites (N-methyl/N-ethyl adjacent to an activating group) is 1. The first-order chi connectivity index (χ1) is 10.9. The molecule has 5 heteroatoms. The third-order valence-electron chi connectivity index (χ3n) is 3.80. The molecule has 0 unspecified atom stereocenters. The Balaban J connectivity index is 2.10. The van der Waals surface area contributed by atoms with Gasteiger partial charge >= 0.3 is 0 Å². The minimum atomic E-state index is 0.00790. The fourth-order valence-corrected chi connectivity index (χ4v) is 2.40. The van der Waals surface area contributed by atoms with E-state index in [0.29, 0.717) is 23.8 Å². The van der Waals surface area contributed by atoms with Gasteiger partial charge in [0.2, 0.25) is 5.91 Å². The number of hydrogen-bond donors (Lipinski definition) is 0. The van der Waals surface area contributed by atoms with E-state index in [1.165, 1.54) is 0 Å². The van der Waals surface area contributed by atoms with Gasteiger partial charge in [-0.25, -0.2) is 0 Å². The van der Waals surface area contributed by atoms with Gasteiger partial charge in [0, 0.05) is 13.6 Å². The van der Waals surface area contributed by atoms with Crippen molar-refractivity contribution in [3.8, 4) is 11.5 Å². The van der Waals surface area contributed by atoms with Crippen molar-refractivity contribution in [3.63, 3.8) is 0 Å². The highest BCUT2D eigenvalue weighted by atomic mass is 16.5. The second-order valence-electron chi connectivity index (χ2n) is 5.57. The minimum Gasteiger partial charge on any atom is -0.493 e. The van der Waals surface area contributed by atoms with Gasteiger partial charge in [-0.05, 0) is 49.2 Å². The predicted molar refractivity (Wildman–Crippen MR) is 87.9 cm³/mol. The summed E-state index contributed by atoms with van der Waals surface area (Å²) in [6, 6.07) is 7.53. The van der Waals surface area contributed by atoms with Crippen molar-refractivity contribution in [2.75, 3.05) is 21.3 Å². The average Bonchev–Trinajstić information content (AvgIpc) is 2.93. The van der Waals surface area contributed by atoms with Crippen LogP contribution in [0, 0.1) is 13.8 Å². The standard InChI is InChI=1S/C18H23NO4/c1-12-8-16(21-4)17(22-5)9-14(12)11-19(3)18(20)10-15-7-6-13(2)23-15/h6-9H,10-11H2,1-5H3. The SMILES string of the molecule is COc1cc(C)c(CN(C)C(=O)Cc2ccc(C)o2)cc1OC. The van der Waals surface area contributed by atoms with Gasteiger partial charge in [-0.2, -0.15) is 0 Å². The van der Waals surface area contributed by atoms with Gasteiger partial charge in [-0.15, -0.1) is 0 Å². The normalized spacial score (nSPS) is 10.5. The molecule has 1 aromatic carbocycles. The Hall–Kier alpha value is -2.43. The lowest BCUT2D eigenvalue weighted by Crippen LogP contribution is -2.28. The van der Waals surface area contributed by atoms with Crippen LogP contribution < -0.4 is 9.47 Å². The van der Waals surface area contributed by atoms with Crippen molar-refractivity contribution < 1.29 is 18.7 Å². The maximum atomic E-state index is 12.3. The molecule has 1 amide bonds. The molecular weight excluding hydrogens is 294 g/mol. The highest BCUT2D eigenvalue weighted by Crippen LogP contribution is 2.30.